The number of nitrogens with two attached hydrogens (primary N) is 1. The maximum atomic E-state index is 11.6. The van der Waals surface area contributed by atoms with Gasteiger partial charge in [-0.25, -0.2) is 23.5 Å². The minimum absolute atomic E-state index is 0.0166. The van der Waals surface area contributed by atoms with Crippen LogP contribution in [0.2, 0.25) is 0 Å². The fraction of sp³-hybridized carbons (Fsp3) is 0.200. The molecule has 1 saturated heterocycles. The van der Waals surface area contributed by atoms with E-state index in [1.165, 1.54) is 12.1 Å². The van der Waals surface area contributed by atoms with Crippen LogP contribution in [0.15, 0.2) is 71.8 Å². The standard InChI is InChI=1S/C20H22N6O3S/c21-30(27,28)18-8-4-5-16(15-18)23-20-22-10-9-19(24-20)26(17-6-2-1-3-7-17)25-11-13-29-14-12-25/h1-10,15H,11-14H2,(H2,21,27,28)(H,22,23,24). The summed E-state index contributed by atoms with van der Waals surface area (Å²) in [5, 5.41) is 12.5. The van der Waals surface area contributed by atoms with Crippen molar-refractivity contribution in [2.24, 2.45) is 5.14 Å². The van der Waals surface area contributed by atoms with Gasteiger partial charge in [0, 0.05) is 31.0 Å². The normalized spacial score (nSPS) is 15.0. The van der Waals surface area contributed by atoms with Crippen molar-refractivity contribution in [3.63, 3.8) is 0 Å². The SMILES string of the molecule is NS(=O)(=O)c1cccc(Nc2nccc(N(c3ccccc3)N3CCOCC3)n2)c1. The van der Waals surface area contributed by atoms with Crippen molar-refractivity contribution in [1.29, 1.82) is 0 Å². The number of rotatable bonds is 6. The highest BCUT2D eigenvalue weighted by atomic mass is 32.2. The summed E-state index contributed by atoms with van der Waals surface area (Å²) in [7, 11) is -3.80. The number of morpholine rings is 1. The molecule has 9 nitrogen and oxygen atoms in total. The van der Waals surface area contributed by atoms with Crippen molar-refractivity contribution in [1.82, 2.24) is 15.0 Å². The molecule has 156 valence electrons. The number of primary sulfonamides is 1. The molecule has 2 aromatic carbocycles. The molecule has 1 fully saturated rings. The molecule has 0 spiro atoms. The van der Waals surface area contributed by atoms with Crippen LogP contribution in [0, 0.1) is 0 Å². The summed E-state index contributed by atoms with van der Waals surface area (Å²) in [6.45, 7) is 2.75. The summed E-state index contributed by atoms with van der Waals surface area (Å²) in [5.74, 6) is 1.02. The average Bonchev–Trinajstić information content (AvgIpc) is 2.75. The van der Waals surface area contributed by atoms with Gasteiger partial charge < -0.3 is 10.1 Å². The van der Waals surface area contributed by atoms with E-state index in [1.807, 2.05) is 41.4 Å². The lowest BCUT2D eigenvalue weighted by Gasteiger charge is -2.38. The summed E-state index contributed by atoms with van der Waals surface area (Å²) in [5.41, 5.74) is 1.50. The van der Waals surface area contributed by atoms with E-state index in [1.54, 1.807) is 18.3 Å². The predicted octanol–water partition coefficient (Wildman–Crippen LogP) is 2.25. The van der Waals surface area contributed by atoms with Gasteiger partial charge in [0.15, 0.2) is 5.82 Å². The Kier molecular flexibility index (Phi) is 5.91. The van der Waals surface area contributed by atoms with Gasteiger partial charge >= 0.3 is 0 Å². The molecule has 1 aliphatic heterocycles. The Labute approximate surface area is 175 Å². The van der Waals surface area contributed by atoms with Gasteiger partial charge in [-0.1, -0.05) is 24.3 Å². The number of para-hydroxylation sites is 1. The Balaban J connectivity index is 1.65. The number of hydrogen-bond donors (Lipinski definition) is 2. The summed E-state index contributed by atoms with van der Waals surface area (Å²) in [4.78, 5) is 8.94. The second kappa shape index (κ2) is 8.76. The van der Waals surface area contributed by atoms with Gasteiger partial charge in [0.2, 0.25) is 16.0 Å². The molecule has 0 saturated carbocycles. The molecule has 0 atom stereocenters. The van der Waals surface area contributed by atoms with Gasteiger partial charge in [-0.05, 0) is 30.3 Å². The minimum atomic E-state index is -3.80. The molecule has 3 aromatic rings. The summed E-state index contributed by atoms with van der Waals surface area (Å²) >= 11 is 0. The maximum Gasteiger partial charge on any atom is 0.238 e. The molecule has 3 N–H and O–H groups in total. The molecule has 4 rings (SSSR count). The number of hydrogen-bond acceptors (Lipinski definition) is 8. The monoisotopic (exact) mass is 426 g/mol. The number of sulfonamides is 1. The number of nitrogens with one attached hydrogen (secondary N) is 1. The zero-order valence-electron chi connectivity index (χ0n) is 16.2. The lowest BCUT2D eigenvalue weighted by Crippen LogP contribution is -2.47. The smallest absolute Gasteiger partial charge is 0.238 e. The number of aromatic nitrogens is 2. The van der Waals surface area contributed by atoms with Crippen molar-refractivity contribution in [3.05, 3.63) is 66.9 Å². The number of benzene rings is 2. The quantitative estimate of drug-likeness (QED) is 0.617. The van der Waals surface area contributed by atoms with Crippen LogP contribution in [0.1, 0.15) is 0 Å². The van der Waals surface area contributed by atoms with Crippen molar-refractivity contribution < 1.29 is 13.2 Å². The van der Waals surface area contributed by atoms with Crippen molar-refractivity contribution in [3.8, 4) is 0 Å². The van der Waals surface area contributed by atoms with E-state index < -0.39 is 10.0 Å². The van der Waals surface area contributed by atoms with Gasteiger partial charge in [0.25, 0.3) is 0 Å². The van der Waals surface area contributed by atoms with Crippen LogP contribution in [-0.2, 0) is 14.8 Å². The van der Waals surface area contributed by atoms with Crippen LogP contribution in [0.25, 0.3) is 0 Å². The van der Waals surface area contributed by atoms with Crippen LogP contribution in [0.4, 0.5) is 23.1 Å². The summed E-state index contributed by atoms with van der Waals surface area (Å²) < 4.78 is 28.7. The molecule has 0 radical (unpaired) electrons. The molecular formula is C20H22N6O3S. The maximum absolute atomic E-state index is 11.6. The highest BCUT2D eigenvalue weighted by Crippen LogP contribution is 2.27. The predicted molar refractivity (Wildman–Crippen MR) is 114 cm³/mol. The van der Waals surface area contributed by atoms with Crippen LogP contribution in [0.5, 0.6) is 0 Å². The molecule has 0 unspecified atom stereocenters. The van der Waals surface area contributed by atoms with E-state index in [0.717, 1.165) is 18.8 Å². The second-order valence-electron chi connectivity index (χ2n) is 6.65. The summed E-state index contributed by atoms with van der Waals surface area (Å²) in [6.07, 6.45) is 1.66. The van der Waals surface area contributed by atoms with E-state index in [9.17, 15) is 8.42 Å². The second-order valence-corrected chi connectivity index (χ2v) is 8.21. The van der Waals surface area contributed by atoms with Crippen LogP contribution >= 0.6 is 0 Å². The van der Waals surface area contributed by atoms with Crippen molar-refractivity contribution in [2.45, 2.75) is 4.90 Å². The lowest BCUT2D eigenvalue weighted by atomic mass is 10.3. The van der Waals surface area contributed by atoms with E-state index in [0.29, 0.717) is 30.7 Å². The van der Waals surface area contributed by atoms with E-state index >= 15 is 0 Å². The molecule has 0 bridgehead atoms. The summed E-state index contributed by atoms with van der Waals surface area (Å²) in [6, 6.07) is 18.0. The van der Waals surface area contributed by atoms with Crippen LogP contribution in [0.3, 0.4) is 0 Å². The topological polar surface area (TPSA) is 114 Å². The highest BCUT2D eigenvalue weighted by Gasteiger charge is 2.22. The van der Waals surface area contributed by atoms with Gasteiger partial charge in [0.05, 0.1) is 23.8 Å². The van der Waals surface area contributed by atoms with Crippen LogP contribution < -0.4 is 15.5 Å². The molecule has 1 aliphatic rings. The number of hydrazine groups is 1. The lowest BCUT2D eigenvalue weighted by molar-refractivity contribution is 0.0375. The van der Waals surface area contributed by atoms with Crippen molar-refractivity contribution in [2.75, 3.05) is 36.6 Å². The van der Waals surface area contributed by atoms with Gasteiger partial charge in [0.1, 0.15) is 0 Å². The third-order valence-electron chi connectivity index (χ3n) is 4.55. The first-order chi connectivity index (χ1) is 14.5. The first kappa shape index (κ1) is 20.2. The van der Waals surface area contributed by atoms with Gasteiger partial charge in [-0.2, -0.15) is 4.98 Å². The first-order valence-corrected chi connectivity index (χ1v) is 11.0. The minimum Gasteiger partial charge on any atom is -0.379 e. The van der Waals surface area contributed by atoms with Crippen molar-refractivity contribution >= 4 is 33.2 Å². The Hall–Kier alpha value is -3.05. The Morgan fingerprint density at radius 3 is 2.53 bits per heavy atom. The zero-order valence-corrected chi connectivity index (χ0v) is 17.0. The molecule has 1 aromatic heterocycles. The third kappa shape index (κ3) is 4.74. The number of ether oxygens (including phenoxy) is 1. The average molecular weight is 427 g/mol. The third-order valence-corrected chi connectivity index (χ3v) is 5.46. The Bertz CT molecular complexity index is 1100. The number of anilines is 4. The van der Waals surface area contributed by atoms with E-state index in [-0.39, 0.29) is 4.90 Å². The Morgan fingerprint density at radius 2 is 1.80 bits per heavy atom. The molecule has 0 aliphatic carbocycles. The first-order valence-electron chi connectivity index (χ1n) is 9.41. The molecule has 10 heteroatoms. The molecule has 2 heterocycles. The fourth-order valence-electron chi connectivity index (χ4n) is 3.17. The highest BCUT2D eigenvalue weighted by molar-refractivity contribution is 7.89. The molecule has 30 heavy (non-hydrogen) atoms. The zero-order chi connectivity index (χ0) is 21.0. The number of nitrogens with zero attached hydrogens (tertiary/aromatic N) is 4. The van der Waals surface area contributed by atoms with Crippen LogP contribution in [-0.4, -0.2) is 49.7 Å². The van der Waals surface area contributed by atoms with Gasteiger partial charge in [-0.3, -0.25) is 5.01 Å². The largest absolute Gasteiger partial charge is 0.379 e. The molecular weight excluding hydrogens is 404 g/mol. The van der Waals surface area contributed by atoms with E-state index in [2.05, 4.69) is 20.3 Å². The van der Waals surface area contributed by atoms with E-state index in [4.69, 9.17) is 9.88 Å². The molecule has 0 amide bonds. The van der Waals surface area contributed by atoms with Gasteiger partial charge in [-0.15, -0.1) is 0 Å². The Morgan fingerprint density at radius 1 is 1.03 bits per heavy atom. The fourth-order valence-corrected chi connectivity index (χ4v) is 3.73.